The summed E-state index contributed by atoms with van der Waals surface area (Å²) < 4.78 is 4.94. The van der Waals surface area contributed by atoms with Gasteiger partial charge in [-0.25, -0.2) is 14.5 Å². The molecule has 0 aliphatic carbocycles. The van der Waals surface area contributed by atoms with Gasteiger partial charge in [-0.3, -0.25) is 19.9 Å². The van der Waals surface area contributed by atoms with Crippen LogP contribution < -0.4 is 10.2 Å². The number of carbonyl (C=O) groups excluding carboxylic acids is 4. The lowest BCUT2D eigenvalue weighted by Gasteiger charge is -2.29. The molecule has 0 radical (unpaired) electrons. The normalized spacial score (nSPS) is 16.8. The summed E-state index contributed by atoms with van der Waals surface area (Å²) in [5.74, 6) is -3.22. The number of esters is 1. The second-order valence-electron chi connectivity index (χ2n) is 6.28. The molecule has 3 rings (SSSR count). The van der Waals surface area contributed by atoms with Crippen molar-refractivity contribution in [2.24, 2.45) is 10.9 Å². The SMILES string of the molecule is CCOC(=O)c1cccc(N=C[C@@H]2C(=O)NC(=O)N(c3ccccc3C)C2=O)c1. The van der Waals surface area contributed by atoms with Crippen molar-refractivity contribution in [3.8, 4) is 0 Å². The molecule has 1 saturated heterocycles. The van der Waals surface area contributed by atoms with Gasteiger partial charge < -0.3 is 4.74 Å². The van der Waals surface area contributed by atoms with Crippen molar-refractivity contribution in [1.82, 2.24) is 5.32 Å². The maximum absolute atomic E-state index is 12.9. The molecule has 1 fully saturated rings. The monoisotopic (exact) mass is 393 g/mol. The summed E-state index contributed by atoms with van der Waals surface area (Å²) in [6.07, 6.45) is 1.17. The Kier molecular flexibility index (Phi) is 5.82. The summed E-state index contributed by atoms with van der Waals surface area (Å²) in [6.45, 7) is 3.71. The average molecular weight is 393 g/mol. The molecule has 1 heterocycles. The van der Waals surface area contributed by atoms with Crippen LogP contribution in [0.15, 0.2) is 53.5 Å². The largest absolute Gasteiger partial charge is 0.462 e. The second kappa shape index (κ2) is 8.47. The molecule has 2 aromatic carbocycles. The number of hydrogen-bond donors (Lipinski definition) is 1. The van der Waals surface area contributed by atoms with E-state index in [1.54, 1.807) is 56.3 Å². The molecule has 1 aliphatic heterocycles. The Morgan fingerprint density at radius 3 is 2.66 bits per heavy atom. The first-order chi connectivity index (χ1) is 13.9. The van der Waals surface area contributed by atoms with Gasteiger partial charge in [-0.1, -0.05) is 24.3 Å². The smallest absolute Gasteiger partial charge is 0.338 e. The Morgan fingerprint density at radius 1 is 1.17 bits per heavy atom. The summed E-state index contributed by atoms with van der Waals surface area (Å²) in [4.78, 5) is 54.2. The van der Waals surface area contributed by atoms with Crippen LogP contribution in [0.25, 0.3) is 0 Å². The molecule has 29 heavy (non-hydrogen) atoms. The number of ether oxygens (including phenoxy) is 1. The molecule has 8 nitrogen and oxygen atoms in total. The number of imide groups is 2. The molecule has 8 heteroatoms. The van der Waals surface area contributed by atoms with E-state index in [2.05, 4.69) is 10.3 Å². The summed E-state index contributed by atoms with van der Waals surface area (Å²) in [7, 11) is 0. The molecule has 0 saturated carbocycles. The molecule has 4 amide bonds. The average Bonchev–Trinajstić information content (AvgIpc) is 2.69. The van der Waals surface area contributed by atoms with Gasteiger partial charge in [0.05, 0.1) is 23.5 Å². The third-order valence-corrected chi connectivity index (χ3v) is 4.29. The number of barbiturate groups is 1. The van der Waals surface area contributed by atoms with E-state index in [4.69, 9.17) is 4.74 Å². The molecule has 1 atom stereocenters. The minimum Gasteiger partial charge on any atom is -0.462 e. The number of hydrogen-bond acceptors (Lipinski definition) is 6. The van der Waals surface area contributed by atoms with E-state index in [-0.39, 0.29) is 6.61 Å². The molecular weight excluding hydrogens is 374 g/mol. The van der Waals surface area contributed by atoms with Crippen LogP contribution >= 0.6 is 0 Å². The third-order valence-electron chi connectivity index (χ3n) is 4.29. The zero-order valence-electron chi connectivity index (χ0n) is 15.9. The molecule has 0 unspecified atom stereocenters. The van der Waals surface area contributed by atoms with Crippen LogP contribution in [0.5, 0.6) is 0 Å². The second-order valence-corrected chi connectivity index (χ2v) is 6.28. The highest BCUT2D eigenvalue weighted by molar-refractivity contribution is 6.32. The Bertz CT molecular complexity index is 1010. The van der Waals surface area contributed by atoms with Crippen molar-refractivity contribution >= 4 is 41.4 Å². The highest BCUT2D eigenvalue weighted by atomic mass is 16.5. The molecule has 1 N–H and O–H groups in total. The summed E-state index contributed by atoms with van der Waals surface area (Å²) >= 11 is 0. The predicted molar refractivity (Wildman–Crippen MR) is 106 cm³/mol. The highest BCUT2D eigenvalue weighted by Gasteiger charge is 2.40. The van der Waals surface area contributed by atoms with Crippen LogP contribution in [0.4, 0.5) is 16.2 Å². The Labute approximate surface area is 167 Å². The van der Waals surface area contributed by atoms with E-state index >= 15 is 0 Å². The maximum atomic E-state index is 12.9. The first kappa shape index (κ1) is 19.9. The minimum absolute atomic E-state index is 0.242. The lowest BCUT2D eigenvalue weighted by molar-refractivity contribution is -0.131. The Morgan fingerprint density at radius 2 is 1.93 bits per heavy atom. The van der Waals surface area contributed by atoms with E-state index in [0.717, 1.165) is 4.90 Å². The maximum Gasteiger partial charge on any atom is 0.338 e. The van der Waals surface area contributed by atoms with Gasteiger partial charge in [-0.15, -0.1) is 0 Å². The van der Waals surface area contributed by atoms with Crippen LogP contribution in [0.3, 0.4) is 0 Å². The molecule has 0 bridgehead atoms. The standard InChI is InChI=1S/C21H19N3O5/c1-3-29-20(27)14-8-6-9-15(11-14)22-12-16-18(25)23-21(28)24(19(16)26)17-10-5-4-7-13(17)2/h4-12,16H,3H2,1-2H3,(H,23,25,28)/t16-/m1/s1. The number of anilines is 1. The van der Waals surface area contributed by atoms with Crippen molar-refractivity contribution in [1.29, 1.82) is 0 Å². The zero-order valence-corrected chi connectivity index (χ0v) is 15.9. The van der Waals surface area contributed by atoms with Crippen LogP contribution in [-0.2, 0) is 14.3 Å². The topological polar surface area (TPSA) is 105 Å². The lowest BCUT2D eigenvalue weighted by atomic mass is 10.0. The molecule has 0 aromatic heterocycles. The Balaban J connectivity index is 1.86. The minimum atomic E-state index is -1.28. The van der Waals surface area contributed by atoms with Crippen LogP contribution in [0.1, 0.15) is 22.8 Å². The summed E-state index contributed by atoms with van der Waals surface area (Å²) in [6, 6.07) is 12.4. The van der Waals surface area contributed by atoms with Gasteiger partial charge in [-0.2, -0.15) is 0 Å². The van der Waals surface area contributed by atoms with E-state index in [1.165, 1.54) is 12.3 Å². The van der Waals surface area contributed by atoms with Crippen molar-refractivity contribution < 1.29 is 23.9 Å². The van der Waals surface area contributed by atoms with Gasteiger partial charge in [0.25, 0.3) is 5.91 Å². The fourth-order valence-corrected chi connectivity index (χ4v) is 2.85. The summed E-state index contributed by atoms with van der Waals surface area (Å²) in [5.41, 5.74) is 1.78. The predicted octanol–water partition coefficient (Wildman–Crippen LogP) is 2.77. The van der Waals surface area contributed by atoms with Gasteiger partial charge in [0.2, 0.25) is 5.91 Å². The number of rotatable bonds is 5. The van der Waals surface area contributed by atoms with Crippen LogP contribution in [0.2, 0.25) is 0 Å². The lowest BCUT2D eigenvalue weighted by Crippen LogP contribution is -2.58. The number of urea groups is 1. The van der Waals surface area contributed by atoms with E-state index in [1.807, 2.05) is 0 Å². The van der Waals surface area contributed by atoms with Gasteiger partial charge in [-0.05, 0) is 43.7 Å². The quantitative estimate of drug-likeness (QED) is 0.478. The molecule has 1 aliphatic rings. The van der Waals surface area contributed by atoms with E-state index in [0.29, 0.717) is 22.5 Å². The van der Waals surface area contributed by atoms with Gasteiger partial charge >= 0.3 is 12.0 Å². The van der Waals surface area contributed by atoms with Gasteiger partial charge in [0.1, 0.15) is 0 Å². The number of para-hydroxylation sites is 1. The zero-order chi connectivity index (χ0) is 21.0. The first-order valence-corrected chi connectivity index (χ1v) is 8.98. The van der Waals surface area contributed by atoms with Crippen molar-refractivity contribution in [3.63, 3.8) is 0 Å². The van der Waals surface area contributed by atoms with Crippen LogP contribution in [0, 0.1) is 12.8 Å². The highest BCUT2D eigenvalue weighted by Crippen LogP contribution is 2.24. The number of nitrogens with one attached hydrogen (secondary N) is 1. The number of carbonyl (C=O) groups is 4. The van der Waals surface area contributed by atoms with Crippen molar-refractivity contribution in [2.45, 2.75) is 13.8 Å². The van der Waals surface area contributed by atoms with Gasteiger partial charge in [0.15, 0.2) is 5.92 Å². The third kappa shape index (κ3) is 4.21. The van der Waals surface area contributed by atoms with Crippen LogP contribution in [-0.4, -0.2) is 36.6 Å². The van der Waals surface area contributed by atoms with E-state index in [9.17, 15) is 19.2 Å². The summed E-state index contributed by atoms with van der Waals surface area (Å²) in [5, 5.41) is 2.18. The number of nitrogens with zero attached hydrogens (tertiary/aromatic N) is 2. The molecule has 148 valence electrons. The number of aliphatic imine (C=N–C) groups is 1. The molecule has 0 spiro atoms. The first-order valence-electron chi connectivity index (χ1n) is 8.98. The van der Waals surface area contributed by atoms with Gasteiger partial charge in [0, 0.05) is 6.21 Å². The molecule has 2 aromatic rings. The van der Waals surface area contributed by atoms with Crippen molar-refractivity contribution in [2.75, 3.05) is 11.5 Å². The fraction of sp³-hybridized carbons (Fsp3) is 0.190. The Hall–Kier alpha value is -3.81. The number of benzene rings is 2. The number of aryl methyl sites for hydroxylation is 1. The van der Waals surface area contributed by atoms with E-state index < -0.39 is 29.7 Å². The number of amides is 4. The fourth-order valence-electron chi connectivity index (χ4n) is 2.85. The molecular formula is C21H19N3O5. The van der Waals surface area contributed by atoms with Crippen molar-refractivity contribution in [3.05, 3.63) is 59.7 Å².